The largest absolute Gasteiger partial charge is 0.511 e. The predicted octanol–water partition coefficient (Wildman–Crippen LogP) is 2.58. The third-order valence-electron chi connectivity index (χ3n) is 9.61. The average Bonchev–Trinajstić information content (AvgIpc) is 3.02. The van der Waals surface area contributed by atoms with Gasteiger partial charge in [-0.1, -0.05) is 57.5 Å². The van der Waals surface area contributed by atoms with Crippen LogP contribution in [0, 0.1) is 17.3 Å². The fraction of sp³-hybridized carbons (Fsp3) is 0.406. The Hall–Kier alpha value is -3.17. The second kappa shape index (κ2) is 11.0. The van der Waals surface area contributed by atoms with Gasteiger partial charge in [0.1, 0.15) is 46.2 Å². The molecule has 1 aromatic heterocycles. The van der Waals surface area contributed by atoms with Crippen LogP contribution >= 0.6 is 21.6 Å². The van der Waals surface area contributed by atoms with Crippen LogP contribution in [-0.2, 0) is 11.2 Å². The Kier molecular flexibility index (Phi) is 7.43. The summed E-state index contributed by atoms with van der Waals surface area (Å²) in [6.45, 7) is 1.00. The number of ketones is 2. The molecule has 3 aliphatic carbocycles. The lowest BCUT2D eigenvalue weighted by molar-refractivity contribution is -0.349. The van der Waals surface area contributed by atoms with Crippen LogP contribution in [0.5, 0.6) is 5.75 Å². The van der Waals surface area contributed by atoms with E-state index in [1.165, 1.54) is 51.9 Å². The molecule has 1 saturated heterocycles. The molecular formula is C32H32N2O9S2. The molecule has 1 fully saturated rings. The number of rotatable bonds is 1. The van der Waals surface area contributed by atoms with Gasteiger partial charge in [0, 0.05) is 23.4 Å². The van der Waals surface area contributed by atoms with E-state index in [4.69, 9.17) is 9.47 Å². The molecule has 11 nitrogen and oxygen atoms in total. The van der Waals surface area contributed by atoms with E-state index in [0.717, 1.165) is 5.56 Å². The molecule has 236 valence electrons. The van der Waals surface area contributed by atoms with Gasteiger partial charge in [0.25, 0.3) is 0 Å². The Morgan fingerprint density at radius 1 is 1.18 bits per heavy atom. The maximum atomic E-state index is 14.6. The van der Waals surface area contributed by atoms with Crippen molar-refractivity contribution in [2.45, 2.75) is 43.0 Å². The van der Waals surface area contributed by atoms with Crippen LogP contribution in [0.3, 0.4) is 0 Å². The van der Waals surface area contributed by atoms with Crippen molar-refractivity contribution in [3.8, 4) is 5.75 Å². The Bertz CT molecular complexity index is 1680. The van der Waals surface area contributed by atoms with Gasteiger partial charge >= 0.3 is 0 Å². The molecule has 8 unspecified atom stereocenters. The Labute approximate surface area is 266 Å². The summed E-state index contributed by atoms with van der Waals surface area (Å²) in [4.78, 5) is 33.0. The lowest BCUT2D eigenvalue weighted by Gasteiger charge is -2.57. The average molecular weight is 653 g/mol. The van der Waals surface area contributed by atoms with Crippen molar-refractivity contribution in [3.63, 3.8) is 0 Å². The minimum atomic E-state index is -2.25. The molecule has 0 saturated carbocycles. The minimum Gasteiger partial charge on any atom is -0.511 e. The zero-order valence-corrected chi connectivity index (χ0v) is 25.8. The molecule has 8 atom stereocenters. The number of aliphatic hydroxyl groups is 5. The molecule has 2 aliphatic heterocycles. The van der Waals surface area contributed by atoms with E-state index in [9.17, 15) is 35.1 Å². The number of ether oxygens (including phenoxy) is 2. The van der Waals surface area contributed by atoms with Gasteiger partial charge in [0.15, 0.2) is 11.6 Å². The number of carbonyl (C=O) groups is 2. The smallest absolute Gasteiger partial charge is 0.230 e. The number of aliphatic hydroxyl groups excluding tert-OH is 4. The molecule has 7 rings (SSSR count). The van der Waals surface area contributed by atoms with E-state index in [-0.39, 0.29) is 40.6 Å². The molecule has 6 N–H and O–H groups in total. The number of anilines is 1. The van der Waals surface area contributed by atoms with Gasteiger partial charge in [-0.15, -0.1) is 0 Å². The number of allylic oxidation sites excluding steroid dienone is 4. The number of benzene rings is 1. The quantitative estimate of drug-likeness (QED) is 0.196. The number of carbonyl (C=O) groups excluding carboxylic acids is 2. The van der Waals surface area contributed by atoms with Crippen LogP contribution in [0.1, 0.15) is 33.2 Å². The summed E-state index contributed by atoms with van der Waals surface area (Å²) in [5.74, 6) is -2.05. The second-order valence-corrected chi connectivity index (χ2v) is 14.6. The maximum Gasteiger partial charge on any atom is 0.230 e. The van der Waals surface area contributed by atoms with E-state index in [1.54, 1.807) is 37.4 Å². The number of hydrogen-bond acceptors (Lipinski definition) is 13. The molecular weight excluding hydrogens is 620 g/mol. The highest BCUT2D eigenvalue weighted by Gasteiger charge is 2.66. The van der Waals surface area contributed by atoms with Crippen molar-refractivity contribution in [1.82, 2.24) is 4.98 Å². The summed E-state index contributed by atoms with van der Waals surface area (Å²) in [5.41, 5.74) is -4.27. The topological polar surface area (TPSA) is 179 Å². The van der Waals surface area contributed by atoms with Crippen LogP contribution in [0.15, 0.2) is 72.2 Å². The molecule has 1 spiro atoms. The van der Waals surface area contributed by atoms with Crippen molar-refractivity contribution >= 4 is 39.0 Å². The van der Waals surface area contributed by atoms with Crippen molar-refractivity contribution < 1.29 is 44.6 Å². The third kappa shape index (κ3) is 4.43. The number of aromatic nitrogens is 1. The highest BCUT2D eigenvalue weighted by Crippen LogP contribution is 2.53. The maximum absolute atomic E-state index is 14.6. The number of nitrogens with zero attached hydrogens (tertiary/aromatic N) is 1. The van der Waals surface area contributed by atoms with Crippen molar-refractivity contribution in [3.05, 3.63) is 88.9 Å². The first-order chi connectivity index (χ1) is 21.5. The number of Topliss-reactive ketones (excluding diaryl/α,β-unsaturated/α-hetero) is 2. The molecule has 3 heterocycles. The minimum absolute atomic E-state index is 0.0660. The van der Waals surface area contributed by atoms with Gasteiger partial charge in [-0.3, -0.25) is 9.59 Å². The van der Waals surface area contributed by atoms with E-state index in [0.29, 0.717) is 17.3 Å². The summed E-state index contributed by atoms with van der Waals surface area (Å²) in [5, 5.41) is 60.1. The van der Waals surface area contributed by atoms with Gasteiger partial charge in [0.05, 0.1) is 24.0 Å². The van der Waals surface area contributed by atoms with Crippen LogP contribution in [0.2, 0.25) is 0 Å². The number of nitrogens with one attached hydrogen (secondary N) is 1. The lowest BCUT2D eigenvalue weighted by atomic mass is 9.60. The highest BCUT2D eigenvalue weighted by molar-refractivity contribution is 8.76. The Balaban J connectivity index is 1.39. The second-order valence-electron chi connectivity index (χ2n) is 12.1. The van der Waals surface area contributed by atoms with Gasteiger partial charge < -0.3 is 40.3 Å². The highest BCUT2D eigenvalue weighted by atomic mass is 33.1. The summed E-state index contributed by atoms with van der Waals surface area (Å²) in [7, 11) is 2.73. The van der Waals surface area contributed by atoms with Gasteiger partial charge in [-0.25, -0.2) is 4.98 Å². The lowest BCUT2D eigenvalue weighted by Crippen LogP contribution is -2.76. The van der Waals surface area contributed by atoms with Gasteiger partial charge in [0.2, 0.25) is 6.29 Å². The molecule has 0 radical (unpaired) electrons. The van der Waals surface area contributed by atoms with Crippen molar-refractivity contribution in [2.75, 3.05) is 23.6 Å². The molecule has 13 heteroatoms. The molecule has 7 bridgehead atoms. The van der Waals surface area contributed by atoms with E-state index in [2.05, 4.69) is 10.3 Å². The SMILES string of the molecule is CC1=CC2C(=O)c3cccc4c3C(=O)C2(CSSCNc2cc(ccn2)CC2C=CC3(CO)OC(O4)C(O)C2(O)C3O)C(O)=C1. The Morgan fingerprint density at radius 3 is 2.80 bits per heavy atom. The number of pyridine rings is 1. The molecule has 5 aliphatic rings. The fourth-order valence-corrected chi connectivity index (χ4v) is 9.41. The van der Waals surface area contributed by atoms with Crippen molar-refractivity contribution in [2.24, 2.45) is 17.3 Å². The Morgan fingerprint density at radius 2 is 2.00 bits per heavy atom. The van der Waals surface area contributed by atoms with Crippen LogP contribution in [0.25, 0.3) is 0 Å². The van der Waals surface area contributed by atoms with Crippen LogP contribution < -0.4 is 10.1 Å². The zero-order valence-electron chi connectivity index (χ0n) is 24.1. The predicted molar refractivity (Wildman–Crippen MR) is 167 cm³/mol. The monoisotopic (exact) mass is 652 g/mol. The van der Waals surface area contributed by atoms with E-state index >= 15 is 0 Å². The first kappa shape index (κ1) is 30.5. The fourth-order valence-electron chi connectivity index (χ4n) is 7.16. The molecule has 45 heavy (non-hydrogen) atoms. The van der Waals surface area contributed by atoms with Crippen LogP contribution in [0.4, 0.5) is 5.82 Å². The van der Waals surface area contributed by atoms with Gasteiger partial charge in [-0.2, -0.15) is 0 Å². The normalized spacial score (nSPS) is 37.3. The first-order valence-corrected chi connectivity index (χ1v) is 17.0. The summed E-state index contributed by atoms with van der Waals surface area (Å²) >= 11 is 0. The standard InChI is InChI=1S/C32H32N2O9S2/c1-16-9-20-25(37)19-3-2-4-21-24(19)26(38)31(20,22(36)10-16)14-44-45-15-34-23-12-17(6-8-33-23)11-18-5-7-30(13-35)29(40)32(18,41)27(39)28(42-21)43-30/h2-10,12,18,20,27-29,35-36,39-41H,11,13-15H2,1H3,(H,33,34). The molecule has 1 aromatic carbocycles. The summed E-state index contributed by atoms with van der Waals surface area (Å²) < 4.78 is 12.2. The van der Waals surface area contributed by atoms with E-state index in [1.807, 2.05) is 0 Å². The number of fused-ring (bicyclic) bond motifs is 4. The molecule has 2 aromatic rings. The number of hydrogen-bond donors (Lipinski definition) is 6. The summed E-state index contributed by atoms with van der Waals surface area (Å²) in [6.07, 6.45) is 2.79. The van der Waals surface area contributed by atoms with E-state index < -0.39 is 59.3 Å². The first-order valence-electron chi connectivity index (χ1n) is 14.5. The summed E-state index contributed by atoms with van der Waals surface area (Å²) in [6, 6.07) is 8.07. The zero-order chi connectivity index (χ0) is 31.7. The van der Waals surface area contributed by atoms with Gasteiger partial charge in [-0.05, 0) is 43.2 Å². The van der Waals surface area contributed by atoms with Crippen LogP contribution in [-0.4, -0.2) is 90.0 Å². The van der Waals surface area contributed by atoms with Crippen molar-refractivity contribution in [1.29, 1.82) is 0 Å². The molecule has 0 amide bonds. The third-order valence-corrected chi connectivity index (χ3v) is 11.8.